The van der Waals surface area contributed by atoms with E-state index in [1.54, 1.807) is 6.20 Å². The normalized spacial score (nSPS) is 21.0. The third-order valence-electron chi connectivity index (χ3n) is 3.15. The van der Waals surface area contributed by atoms with Crippen molar-refractivity contribution in [1.82, 2.24) is 14.7 Å². The van der Waals surface area contributed by atoms with Crippen molar-refractivity contribution in [3.63, 3.8) is 0 Å². The molecule has 0 radical (unpaired) electrons. The summed E-state index contributed by atoms with van der Waals surface area (Å²) in [6.45, 7) is 2.74. The lowest BCUT2D eigenvalue weighted by atomic mass is 9.97. The Bertz CT molecular complexity index is 578. The summed E-state index contributed by atoms with van der Waals surface area (Å²) in [5.74, 6) is 0.333. The molecule has 1 atom stereocenters. The lowest BCUT2D eigenvalue weighted by Gasteiger charge is -2.23. The molecule has 0 aliphatic carbocycles. The number of rotatable bonds is 1. The standard InChI is InChI=1S/C12H13N3OS/c1-7-11-12(17-15-7)9(3-5-14-11)10-6-8(16)2-4-13-10/h3,5,10,13H,2,4,6H2,1H3. The van der Waals surface area contributed by atoms with Gasteiger partial charge in [-0.2, -0.15) is 4.37 Å². The molecule has 1 aliphatic heterocycles. The zero-order chi connectivity index (χ0) is 11.8. The molecule has 2 aromatic heterocycles. The van der Waals surface area contributed by atoms with Crippen molar-refractivity contribution in [2.24, 2.45) is 0 Å². The van der Waals surface area contributed by atoms with Crippen molar-refractivity contribution in [2.75, 3.05) is 6.54 Å². The third-order valence-corrected chi connectivity index (χ3v) is 4.13. The zero-order valence-corrected chi connectivity index (χ0v) is 10.4. The summed E-state index contributed by atoms with van der Waals surface area (Å²) in [4.78, 5) is 15.9. The Balaban J connectivity index is 2.07. The van der Waals surface area contributed by atoms with Crippen LogP contribution in [-0.2, 0) is 4.79 Å². The molecule has 1 fully saturated rings. The average Bonchev–Trinajstić information content (AvgIpc) is 2.71. The summed E-state index contributed by atoms with van der Waals surface area (Å²) < 4.78 is 5.45. The lowest BCUT2D eigenvalue weighted by Crippen LogP contribution is -2.31. The van der Waals surface area contributed by atoms with Crippen molar-refractivity contribution in [1.29, 1.82) is 0 Å². The van der Waals surface area contributed by atoms with Crippen LogP contribution >= 0.6 is 11.5 Å². The van der Waals surface area contributed by atoms with Crippen molar-refractivity contribution >= 4 is 27.5 Å². The smallest absolute Gasteiger partial charge is 0.136 e. The molecular weight excluding hydrogens is 234 g/mol. The second kappa shape index (κ2) is 4.16. The van der Waals surface area contributed by atoms with Crippen LogP contribution in [0.25, 0.3) is 10.2 Å². The highest BCUT2D eigenvalue weighted by Crippen LogP contribution is 2.31. The minimum absolute atomic E-state index is 0.126. The van der Waals surface area contributed by atoms with Gasteiger partial charge in [-0.15, -0.1) is 0 Å². The van der Waals surface area contributed by atoms with E-state index in [2.05, 4.69) is 14.7 Å². The predicted molar refractivity (Wildman–Crippen MR) is 67.1 cm³/mol. The molecule has 17 heavy (non-hydrogen) atoms. The molecule has 0 saturated carbocycles. The van der Waals surface area contributed by atoms with Gasteiger partial charge in [0, 0.05) is 31.6 Å². The quantitative estimate of drug-likeness (QED) is 0.837. The number of nitrogens with zero attached hydrogens (tertiary/aromatic N) is 2. The summed E-state index contributed by atoms with van der Waals surface area (Å²) >= 11 is 1.47. The van der Waals surface area contributed by atoms with Crippen LogP contribution in [0.5, 0.6) is 0 Å². The maximum absolute atomic E-state index is 11.5. The second-order valence-electron chi connectivity index (χ2n) is 4.35. The minimum Gasteiger partial charge on any atom is -0.309 e. The van der Waals surface area contributed by atoms with E-state index < -0.39 is 0 Å². The largest absolute Gasteiger partial charge is 0.309 e. The van der Waals surface area contributed by atoms with Gasteiger partial charge >= 0.3 is 0 Å². The SMILES string of the molecule is Cc1nsc2c(C3CC(=O)CCN3)ccnc12. The third kappa shape index (κ3) is 1.85. The van der Waals surface area contributed by atoms with Crippen LogP contribution in [0, 0.1) is 6.92 Å². The van der Waals surface area contributed by atoms with Gasteiger partial charge in [0.05, 0.1) is 10.4 Å². The van der Waals surface area contributed by atoms with Crippen LogP contribution in [0.4, 0.5) is 0 Å². The summed E-state index contributed by atoms with van der Waals surface area (Å²) in [6, 6.07) is 2.12. The molecule has 0 bridgehead atoms. The van der Waals surface area contributed by atoms with Crippen molar-refractivity contribution in [3.05, 3.63) is 23.5 Å². The number of carbonyl (C=O) groups excluding carboxylic acids is 1. The number of aryl methyl sites for hydroxylation is 1. The van der Waals surface area contributed by atoms with E-state index in [-0.39, 0.29) is 6.04 Å². The van der Waals surface area contributed by atoms with Crippen molar-refractivity contribution in [3.8, 4) is 0 Å². The Morgan fingerprint density at radius 3 is 3.24 bits per heavy atom. The van der Waals surface area contributed by atoms with E-state index in [9.17, 15) is 4.79 Å². The Morgan fingerprint density at radius 1 is 1.53 bits per heavy atom. The van der Waals surface area contributed by atoms with E-state index in [1.165, 1.54) is 11.5 Å². The van der Waals surface area contributed by atoms with E-state index in [0.717, 1.165) is 28.0 Å². The van der Waals surface area contributed by atoms with E-state index in [4.69, 9.17) is 0 Å². The zero-order valence-electron chi connectivity index (χ0n) is 9.56. The summed E-state index contributed by atoms with van der Waals surface area (Å²) in [7, 11) is 0. The van der Waals surface area contributed by atoms with Gasteiger partial charge in [-0.25, -0.2) is 0 Å². The highest BCUT2D eigenvalue weighted by Gasteiger charge is 2.23. The molecule has 0 spiro atoms. The molecule has 1 saturated heterocycles. The molecule has 1 aliphatic rings. The first-order chi connectivity index (χ1) is 8.25. The van der Waals surface area contributed by atoms with Crippen LogP contribution in [0.1, 0.15) is 30.1 Å². The van der Waals surface area contributed by atoms with Crippen LogP contribution in [0.15, 0.2) is 12.3 Å². The number of fused-ring (bicyclic) bond motifs is 1. The van der Waals surface area contributed by atoms with Crippen molar-refractivity contribution < 1.29 is 4.79 Å². The topological polar surface area (TPSA) is 54.9 Å². The Labute approximate surface area is 103 Å². The first-order valence-corrected chi connectivity index (χ1v) is 6.49. The Kier molecular flexibility index (Phi) is 2.64. The predicted octanol–water partition coefficient (Wildman–Crippen LogP) is 1.99. The number of Topliss-reactive ketones (excluding diaryl/α,β-unsaturated/α-hetero) is 1. The molecule has 1 N–H and O–H groups in total. The number of nitrogens with one attached hydrogen (secondary N) is 1. The number of carbonyl (C=O) groups is 1. The van der Waals surface area contributed by atoms with Crippen LogP contribution in [0.2, 0.25) is 0 Å². The highest BCUT2D eigenvalue weighted by molar-refractivity contribution is 7.13. The Hall–Kier alpha value is -1.33. The summed E-state index contributed by atoms with van der Waals surface area (Å²) in [6.07, 6.45) is 3.03. The average molecular weight is 247 g/mol. The molecule has 0 amide bonds. The molecular formula is C12H13N3OS. The Morgan fingerprint density at radius 2 is 2.41 bits per heavy atom. The molecule has 4 nitrogen and oxygen atoms in total. The van der Waals surface area contributed by atoms with Gasteiger partial charge in [0.1, 0.15) is 11.3 Å². The fourth-order valence-corrected chi connectivity index (χ4v) is 3.17. The van der Waals surface area contributed by atoms with Gasteiger partial charge < -0.3 is 5.32 Å². The number of ketones is 1. The first-order valence-electron chi connectivity index (χ1n) is 5.71. The molecule has 88 valence electrons. The van der Waals surface area contributed by atoms with Crippen LogP contribution in [0.3, 0.4) is 0 Å². The van der Waals surface area contributed by atoms with Crippen molar-refractivity contribution in [2.45, 2.75) is 25.8 Å². The van der Waals surface area contributed by atoms with Crippen LogP contribution < -0.4 is 5.32 Å². The highest BCUT2D eigenvalue weighted by atomic mass is 32.1. The molecule has 3 rings (SSSR count). The number of hydrogen-bond donors (Lipinski definition) is 1. The lowest BCUT2D eigenvalue weighted by molar-refractivity contribution is -0.120. The maximum atomic E-state index is 11.5. The molecule has 3 heterocycles. The van der Waals surface area contributed by atoms with Gasteiger partial charge in [0.15, 0.2) is 0 Å². The van der Waals surface area contributed by atoms with Gasteiger partial charge in [0.25, 0.3) is 0 Å². The fourth-order valence-electron chi connectivity index (χ4n) is 2.26. The minimum atomic E-state index is 0.126. The number of piperidine rings is 1. The van der Waals surface area contributed by atoms with Crippen LogP contribution in [-0.4, -0.2) is 21.7 Å². The number of pyridine rings is 1. The van der Waals surface area contributed by atoms with Gasteiger partial charge in [-0.3, -0.25) is 9.78 Å². The van der Waals surface area contributed by atoms with E-state index in [0.29, 0.717) is 18.6 Å². The van der Waals surface area contributed by atoms with Gasteiger partial charge in [-0.1, -0.05) is 0 Å². The maximum Gasteiger partial charge on any atom is 0.136 e. The molecule has 0 aromatic carbocycles. The van der Waals surface area contributed by atoms with Gasteiger partial charge in [-0.05, 0) is 30.1 Å². The first kappa shape index (κ1) is 10.8. The monoisotopic (exact) mass is 247 g/mol. The van der Waals surface area contributed by atoms with Gasteiger partial charge in [0.2, 0.25) is 0 Å². The molecule has 1 unspecified atom stereocenters. The van der Waals surface area contributed by atoms with E-state index in [1.807, 2.05) is 13.0 Å². The summed E-state index contributed by atoms with van der Waals surface area (Å²) in [5.41, 5.74) is 3.09. The summed E-state index contributed by atoms with van der Waals surface area (Å²) in [5, 5.41) is 3.40. The number of hydrogen-bond acceptors (Lipinski definition) is 5. The van der Waals surface area contributed by atoms with E-state index >= 15 is 0 Å². The number of aromatic nitrogens is 2. The molecule has 5 heteroatoms. The fraction of sp³-hybridized carbons (Fsp3) is 0.417. The molecule has 2 aromatic rings. The second-order valence-corrected chi connectivity index (χ2v) is 5.12.